The average Bonchev–Trinajstić information content (AvgIpc) is 3.35. The number of carbonyl (C=O) groups is 4. The molecular weight excluding hydrogens is 539 g/mol. The topological polar surface area (TPSA) is 105 Å². The van der Waals surface area contributed by atoms with Crippen LogP contribution in [0.2, 0.25) is 0 Å². The van der Waals surface area contributed by atoms with Crippen LogP contribution in [-0.4, -0.2) is 59.4 Å². The molecule has 2 aromatic rings. The Kier molecular flexibility index (Phi) is 10.5. The number of alkyl halides is 3. The fourth-order valence-electron chi connectivity index (χ4n) is 4.81. The van der Waals surface area contributed by atoms with Crippen LogP contribution in [0.3, 0.4) is 0 Å². The summed E-state index contributed by atoms with van der Waals surface area (Å²) in [6.45, 7) is 5.63. The fraction of sp³-hybridized carbons (Fsp3) is 0.467. The van der Waals surface area contributed by atoms with Gasteiger partial charge in [0.15, 0.2) is 0 Å². The van der Waals surface area contributed by atoms with E-state index in [1.165, 1.54) is 18.7 Å². The van der Waals surface area contributed by atoms with Gasteiger partial charge in [0.1, 0.15) is 12.6 Å². The van der Waals surface area contributed by atoms with E-state index in [1.54, 1.807) is 38.1 Å². The number of halogens is 3. The first-order valence-corrected chi connectivity index (χ1v) is 13.5. The Morgan fingerprint density at radius 2 is 1.39 bits per heavy atom. The zero-order valence-corrected chi connectivity index (χ0v) is 23.5. The average molecular weight is 576 g/mol. The second kappa shape index (κ2) is 13.6. The van der Waals surface area contributed by atoms with Gasteiger partial charge in [-0.25, -0.2) is 4.79 Å². The Balaban J connectivity index is 1.80. The van der Waals surface area contributed by atoms with Crippen LogP contribution >= 0.6 is 0 Å². The largest absolute Gasteiger partial charge is 0.452 e. The predicted molar refractivity (Wildman–Crippen MR) is 146 cm³/mol. The maximum atomic E-state index is 13.9. The number of nitrogens with one attached hydrogen (secondary N) is 2. The SMILES string of the molecule is CC(C)[C@H](NC(=O)OCc1ccccc1)C(=O)N(CC(=O)N[C@@H](C(=O)C(F)(F)F)C(C)C)C1Cc2ccccc2C1. The highest BCUT2D eigenvalue weighted by molar-refractivity contribution is 5.95. The minimum absolute atomic E-state index is 0.0143. The highest BCUT2D eigenvalue weighted by Gasteiger charge is 2.45. The maximum absolute atomic E-state index is 13.9. The molecule has 0 unspecified atom stereocenters. The van der Waals surface area contributed by atoms with Gasteiger partial charge in [-0.1, -0.05) is 82.3 Å². The number of nitrogens with zero attached hydrogens (tertiary/aromatic N) is 1. The molecule has 11 heteroatoms. The van der Waals surface area contributed by atoms with Crippen molar-refractivity contribution in [1.29, 1.82) is 0 Å². The monoisotopic (exact) mass is 575 g/mol. The molecule has 8 nitrogen and oxygen atoms in total. The molecule has 1 aliphatic carbocycles. The van der Waals surface area contributed by atoms with Crippen molar-refractivity contribution >= 4 is 23.7 Å². The Morgan fingerprint density at radius 1 is 0.854 bits per heavy atom. The molecule has 0 aliphatic heterocycles. The van der Waals surface area contributed by atoms with Gasteiger partial charge >= 0.3 is 12.3 Å². The molecule has 0 fully saturated rings. The zero-order valence-electron chi connectivity index (χ0n) is 23.5. The van der Waals surface area contributed by atoms with Crippen molar-refractivity contribution in [2.75, 3.05) is 6.54 Å². The highest BCUT2D eigenvalue weighted by Crippen LogP contribution is 2.27. The first-order chi connectivity index (χ1) is 19.3. The minimum Gasteiger partial charge on any atom is -0.445 e. The third-order valence-electron chi connectivity index (χ3n) is 7.03. The summed E-state index contributed by atoms with van der Waals surface area (Å²) in [5, 5.41) is 4.78. The maximum Gasteiger partial charge on any atom is 0.452 e. The summed E-state index contributed by atoms with van der Waals surface area (Å²) in [4.78, 5) is 52.9. The molecule has 0 aromatic heterocycles. The molecule has 0 saturated carbocycles. The highest BCUT2D eigenvalue weighted by atomic mass is 19.4. The van der Waals surface area contributed by atoms with E-state index >= 15 is 0 Å². The summed E-state index contributed by atoms with van der Waals surface area (Å²) in [7, 11) is 0. The summed E-state index contributed by atoms with van der Waals surface area (Å²) in [6.07, 6.45) is -5.10. The molecule has 2 atom stereocenters. The number of hydrogen-bond acceptors (Lipinski definition) is 5. The molecule has 0 heterocycles. The van der Waals surface area contributed by atoms with Crippen LogP contribution in [0.4, 0.5) is 18.0 Å². The van der Waals surface area contributed by atoms with Crippen LogP contribution in [0, 0.1) is 11.8 Å². The van der Waals surface area contributed by atoms with E-state index in [1.807, 2.05) is 30.3 Å². The molecule has 3 amide bonds. The van der Waals surface area contributed by atoms with Crippen molar-refractivity contribution < 1.29 is 37.1 Å². The van der Waals surface area contributed by atoms with Gasteiger partial charge in [-0.05, 0) is 41.4 Å². The van der Waals surface area contributed by atoms with Gasteiger partial charge in [0, 0.05) is 6.04 Å². The molecule has 2 aromatic carbocycles. The molecular formula is C30H36F3N3O5. The van der Waals surface area contributed by atoms with Crippen molar-refractivity contribution in [2.24, 2.45) is 11.8 Å². The quantitative estimate of drug-likeness (QED) is 0.418. The number of fused-ring (bicyclic) bond motifs is 1. The molecule has 1 aliphatic rings. The van der Waals surface area contributed by atoms with Crippen molar-refractivity contribution in [3.63, 3.8) is 0 Å². The third kappa shape index (κ3) is 8.55. The van der Waals surface area contributed by atoms with E-state index in [2.05, 4.69) is 10.6 Å². The van der Waals surface area contributed by atoms with Crippen molar-refractivity contribution in [1.82, 2.24) is 15.5 Å². The normalized spacial score (nSPS) is 14.8. The summed E-state index contributed by atoms with van der Waals surface area (Å²) in [6, 6.07) is 13.2. The molecule has 0 bridgehead atoms. The molecule has 0 spiro atoms. The molecule has 3 rings (SSSR count). The van der Waals surface area contributed by atoms with Crippen LogP contribution < -0.4 is 10.6 Å². The summed E-state index contributed by atoms with van der Waals surface area (Å²) in [5.74, 6) is -4.78. The van der Waals surface area contributed by atoms with Gasteiger partial charge in [0.05, 0.1) is 12.6 Å². The number of carbonyl (C=O) groups excluding carboxylic acids is 4. The van der Waals surface area contributed by atoms with Crippen LogP contribution in [0.25, 0.3) is 0 Å². The lowest BCUT2D eigenvalue weighted by atomic mass is 9.99. The molecule has 2 N–H and O–H groups in total. The van der Waals surface area contributed by atoms with E-state index in [-0.39, 0.29) is 6.61 Å². The standard InChI is InChI=1S/C30H36F3N3O5/c1-18(2)25(27(38)30(31,32)33)34-24(37)16-36(23-14-21-12-8-9-13-22(21)15-23)28(39)26(19(3)4)35-29(40)41-17-20-10-6-5-7-11-20/h5-13,18-19,23,25-26H,14-17H2,1-4H3,(H,34,37)(H,35,40)/t25-,26+/m1/s1. The van der Waals surface area contributed by atoms with Crippen LogP contribution in [0.15, 0.2) is 54.6 Å². The van der Waals surface area contributed by atoms with E-state index in [0.717, 1.165) is 16.7 Å². The predicted octanol–water partition coefficient (Wildman–Crippen LogP) is 4.21. The number of benzene rings is 2. The molecule has 0 saturated heterocycles. The van der Waals surface area contributed by atoms with Crippen LogP contribution in [0.5, 0.6) is 0 Å². The van der Waals surface area contributed by atoms with Crippen molar-refractivity contribution in [2.45, 2.75) is 71.4 Å². The number of alkyl carbamates (subject to hydrolysis) is 1. The number of hydrogen-bond donors (Lipinski definition) is 2. The van der Waals surface area contributed by atoms with Gasteiger partial charge < -0.3 is 20.3 Å². The minimum atomic E-state index is -5.13. The fourth-order valence-corrected chi connectivity index (χ4v) is 4.81. The summed E-state index contributed by atoms with van der Waals surface area (Å²) in [5.41, 5.74) is 2.73. The third-order valence-corrected chi connectivity index (χ3v) is 7.03. The Bertz CT molecular complexity index is 1210. The number of Topliss-reactive ketones (excluding diaryl/α,β-unsaturated/α-hetero) is 1. The van der Waals surface area contributed by atoms with E-state index in [0.29, 0.717) is 12.8 Å². The second-order valence-corrected chi connectivity index (χ2v) is 10.9. The summed E-state index contributed by atoms with van der Waals surface area (Å²) >= 11 is 0. The first kappa shape index (κ1) is 31.6. The Morgan fingerprint density at radius 3 is 1.90 bits per heavy atom. The second-order valence-electron chi connectivity index (χ2n) is 10.9. The van der Waals surface area contributed by atoms with Gasteiger partial charge in [-0.15, -0.1) is 0 Å². The lowest BCUT2D eigenvalue weighted by Gasteiger charge is -2.34. The van der Waals surface area contributed by atoms with Crippen LogP contribution in [0.1, 0.15) is 44.4 Å². The van der Waals surface area contributed by atoms with Crippen molar-refractivity contribution in [3.05, 3.63) is 71.3 Å². The first-order valence-electron chi connectivity index (χ1n) is 13.5. The van der Waals surface area contributed by atoms with E-state index in [9.17, 15) is 32.3 Å². The lowest BCUT2D eigenvalue weighted by Crippen LogP contribution is -2.58. The van der Waals surface area contributed by atoms with Gasteiger partial charge in [0.2, 0.25) is 11.8 Å². The Labute approximate surface area is 237 Å². The molecule has 0 radical (unpaired) electrons. The number of amides is 3. The smallest absolute Gasteiger partial charge is 0.445 e. The summed E-state index contributed by atoms with van der Waals surface area (Å²) < 4.78 is 44.8. The van der Waals surface area contributed by atoms with Gasteiger partial charge in [-0.2, -0.15) is 13.2 Å². The van der Waals surface area contributed by atoms with Crippen LogP contribution in [-0.2, 0) is 38.6 Å². The number of rotatable bonds is 11. The van der Waals surface area contributed by atoms with Gasteiger partial charge in [0.25, 0.3) is 5.78 Å². The van der Waals surface area contributed by atoms with E-state index in [4.69, 9.17) is 4.74 Å². The molecule has 222 valence electrons. The van der Waals surface area contributed by atoms with Crippen molar-refractivity contribution in [3.8, 4) is 0 Å². The van der Waals surface area contributed by atoms with E-state index < -0.39 is 66.4 Å². The lowest BCUT2D eigenvalue weighted by molar-refractivity contribution is -0.175. The number of ketones is 1. The Hall–Kier alpha value is -3.89. The zero-order chi connectivity index (χ0) is 30.3. The number of ether oxygens (including phenoxy) is 1. The molecule has 41 heavy (non-hydrogen) atoms. The van der Waals surface area contributed by atoms with Gasteiger partial charge in [-0.3, -0.25) is 14.4 Å².